The van der Waals surface area contributed by atoms with E-state index in [0.717, 1.165) is 25.1 Å². The van der Waals surface area contributed by atoms with Crippen molar-refractivity contribution in [2.75, 3.05) is 18.6 Å². The van der Waals surface area contributed by atoms with Gasteiger partial charge >= 0.3 is 0 Å². The first-order valence-electron chi connectivity index (χ1n) is 9.04. The molecule has 0 saturated carbocycles. The molecule has 0 spiro atoms. The number of amides is 2. The second-order valence-electron chi connectivity index (χ2n) is 6.52. The van der Waals surface area contributed by atoms with Crippen LogP contribution in [0.1, 0.15) is 24.5 Å². The van der Waals surface area contributed by atoms with Crippen molar-refractivity contribution < 1.29 is 19.6 Å². The molecule has 1 aliphatic rings. The molecule has 3 rings (SSSR count). The quantitative estimate of drug-likeness (QED) is 0.771. The molecule has 1 saturated heterocycles. The van der Waals surface area contributed by atoms with E-state index in [0.29, 0.717) is 5.69 Å². The maximum Gasteiger partial charge on any atom is 0.292 e. The summed E-state index contributed by atoms with van der Waals surface area (Å²) >= 11 is 0. The first-order valence-corrected chi connectivity index (χ1v) is 9.04. The molecule has 2 N–H and O–H groups in total. The number of nitrogens with zero attached hydrogens (tertiary/aromatic N) is 1. The number of ether oxygens (including phenoxy) is 1. The van der Waals surface area contributed by atoms with Crippen LogP contribution in [0.4, 0.5) is 5.69 Å². The maximum absolute atomic E-state index is 12.7. The zero-order valence-electron chi connectivity index (χ0n) is 15.3. The van der Waals surface area contributed by atoms with Gasteiger partial charge in [-0.25, -0.2) is 4.90 Å². The number of quaternary nitrogens is 1. The molecular formula is C21H25N2O3+. The average Bonchev–Trinajstić information content (AvgIpc) is 2.96. The first kappa shape index (κ1) is 18.1. The largest absolute Gasteiger partial charge is 0.497 e. The molecule has 0 aliphatic carbocycles. The van der Waals surface area contributed by atoms with Gasteiger partial charge in [-0.15, -0.1) is 0 Å². The van der Waals surface area contributed by atoms with Gasteiger partial charge in [0.2, 0.25) is 5.91 Å². The lowest BCUT2D eigenvalue weighted by Crippen LogP contribution is -2.92. The fourth-order valence-corrected chi connectivity index (χ4v) is 3.23. The molecule has 1 unspecified atom stereocenters. The highest BCUT2D eigenvalue weighted by molar-refractivity contribution is 6.21. The number of benzene rings is 2. The normalized spacial score (nSPS) is 17.0. The van der Waals surface area contributed by atoms with Crippen LogP contribution in [0.2, 0.25) is 0 Å². The summed E-state index contributed by atoms with van der Waals surface area (Å²) in [6.45, 7) is 2.84. The maximum atomic E-state index is 12.7. The van der Waals surface area contributed by atoms with Gasteiger partial charge in [-0.3, -0.25) is 9.59 Å². The number of imide groups is 1. The fraction of sp³-hybridized carbons (Fsp3) is 0.333. The van der Waals surface area contributed by atoms with Crippen molar-refractivity contribution >= 4 is 17.5 Å². The molecule has 26 heavy (non-hydrogen) atoms. The summed E-state index contributed by atoms with van der Waals surface area (Å²) < 4.78 is 5.15. The van der Waals surface area contributed by atoms with E-state index in [1.165, 1.54) is 16.0 Å². The van der Waals surface area contributed by atoms with Crippen LogP contribution < -0.4 is 15.0 Å². The number of nitrogens with two attached hydrogens (primary N) is 1. The molecule has 1 atom stereocenters. The van der Waals surface area contributed by atoms with Crippen molar-refractivity contribution in [3.63, 3.8) is 0 Å². The number of hydrogen-bond donors (Lipinski definition) is 1. The van der Waals surface area contributed by atoms with Crippen molar-refractivity contribution in [3.8, 4) is 5.75 Å². The number of aryl methyl sites for hydroxylation is 1. The monoisotopic (exact) mass is 353 g/mol. The minimum atomic E-state index is -0.327. The molecule has 5 nitrogen and oxygen atoms in total. The van der Waals surface area contributed by atoms with Crippen LogP contribution in [0.5, 0.6) is 5.75 Å². The summed E-state index contributed by atoms with van der Waals surface area (Å²) in [5.74, 6) is 0.595. The lowest BCUT2D eigenvalue weighted by molar-refractivity contribution is -0.674. The topological polar surface area (TPSA) is 63.2 Å². The van der Waals surface area contributed by atoms with E-state index in [2.05, 4.69) is 6.92 Å². The number of rotatable bonds is 7. The standard InChI is InChI=1S/C21H24N2O3/c1-3-15-4-8-17(9-5-15)23-20(24)14-19(21(23)25)22-13-12-16-6-10-18(26-2)11-7-16/h4-11,19,22H,3,12-14H2,1-2H3/p+1. The third-order valence-electron chi connectivity index (χ3n) is 4.83. The molecule has 5 heteroatoms. The summed E-state index contributed by atoms with van der Waals surface area (Å²) in [6.07, 6.45) is 2.04. The molecule has 0 aromatic heterocycles. The highest BCUT2D eigenvalue weighted by Crippen LogP contribution is 2.22. The second-order valence-corrected chi connectivity index (χ2v) is 6.52. The summed E-state index contributed by atoms with van der Waals surface area (Å²) in [7, 11) is 1.65. The lowest BCUT2D eigenvalue weighted by atomic mass is 10.1. The smallest absolute Gasteiger partial charge is 0.292 e. The molecule has 0 radical (unpaired) electrons. The van der Waals surface area contributed by atoms with Crippen LogP contribution in [-0.4, -0.2) is 31.5 Å². The average molecular weight is 353 g/mol. The molecule has 2 amide bonds. The number of carbonyl (C=O) groups excluding carboxylic acids is 2. The predicted octanol–water partition coefficient (Wildman–Crippen LogP) is 1.70. The van der Waals surface area contributed by atoms with Crippen LogP contribution in [0.25, 0.3) is 0 Å². The predicted molar refractivity (Wildman–Crippen MR) is 100 cm³/mol. The van der Waals surface area contributed by atoms with Gasteiger partial charge in [0.1, 0.15) is 5.75 Å². The van der Waals surface area contributed by atoms with Gasteiger partial charge in [-0.1, -0.05) is 31.2 Å². The van der Waals surface area contributed by atoms with Crippen molar-refractivity contribution in [2.45, 2.75) is 32.2 Å². The Bertz CT molecular complexity index is 769. The van der Waals surface area contributed by atoms with Crippen molar-refractivity contribution in [2.24, 2.45) is 0 Å². The van der Waals surface area contributed by atoms with Crippen LogP contribution in [0.3, 0.4) is 0 Å². The molecule has 136 valence electrons. The van der Waals surface area contributed by atoms with E-state index in [1.807, 2.05) is 53.8 Å². The van der Waals surface area contributed by atoms with Gasteiger partial charge < -0.3 is 10.1 Å². The Labute approximate surface area is 154 Å². The summed E-state index contributed by atoms with van der Waals surface area (Å²) in [5, 5.41) is 1.98. The molecule has 1 aliphatic heterocycles. The van der Waals surface area contributed by atoms with Crippen LogP contribution >= 0.6 is 0 Å². The van der Waals surface area contributed by atoms with E-state index in [-0.39, 0.29) is 24.3 Å². The zero-order chi connectivity index (χ0) is 18.5. The molecule has 2 aromatic carbocycles. The Morgan fingerprint density at radius 1 is 1.04 bits per heavy atom. The Kier molecular flexibility index (Phi) is 5.68. The number of methoxy groups -OCH3 is 1. The number of carbonyl (C=O) groups is 2. The summed E-state index contributed by atoms with van der Waals surface area (Å²) in [5.41, 5.74) is 3.05. The van der Waals surface area contributed by atoms with Crippen molar-refractivity contribution in [3.05, 3.63) is 59.7 Å². The Balaban J connectivity index is 1.57. The van der Waals surface area contributed by atoms with Gasteiger partial charge in [-0.2, -0.15) is 0 Å². The molecule has 2 aromatic rings. The SMILES string of the molecule is CCc1ccc(N2C(=O)CC([NH2+]CCc3ccc(OC)cc3)C2=O)cc1. The highest BCUT2D eigenvalue weighted by Gasteiger charge is 2.41. The van der Waals surface area contributed by atoms with Gasteiger partial charge in [0, 0.05) is 6.42 Å². The Morgan fingerprint density at radius 3 is 2.31 bits per heavy atom. The van der Waals surface area contributed by atoms with Gasteiger partial charge in [0.25, 0.3) is 5.91 Å². The van der Waals surface area contributed by atoms with Crippen LogP contribution in [-0.2, 0) is 22.4 Å². The Morgan fingerprint density at radius 2 is 1.69 bits per heavy atom. The third-order valence-corrected chi connectivity index (χ3v) is 4.83. The van der Waals surface area contributed by atoms with Crippen LogP contribution in [0.15, 0.2) is 48.5 Å². The van der Waals surface area contributed by atoms with E-state index in [9.17, 15) is 9.59 Å². The minimum absolute atomic E-state index is 0.117. The van der Waals surface area contributed by atoms with Crippen molar-refractivity contribution in [1.82, 2.24) is 0 Å². The van der Waals surface area contributed by atoms with Crippen molar-refractivity contribution in [1.29, 1.82) is 0 Å². The van der Waals surface area contributed by atoms with Gasteiger partial charge in [0.05, 0.1) is 25.8 Å². The fourth-order valence-electron chi connectivity index (χ4n) is 3.23. The first-order chi connectivity index (χ1) is 12.6. The van der Waals surface area contributed by atoms with E-state index in [1.54, 1.807) is 7.11 Å². The van der Waals surface area contributed by atoms with Gasteiger partial charge in [0.15, 0.2) is 6.04 Å². The summed E-state index contributed by atoms with van der Waals surface area (Å²) in [4.78, 5) is 26.3. The van der Waals surface area contributed by atoms with E-state index >= 15 is 0 Å². The van der Waals surface area contributed by atoms with E-state index < -0.39 is 0 Å². The second kappa shape index (κ2) is 8.15. The lowest BCUT2D eigenvalue weighted by Gasteiger charge is -2.14. The molecule has 0 bridgehead atoms. The number of hydrogen-bond acceptors (Lipinski definition) is 3. The van der Waals surface area contributed by atoms with E-state index in [4.69, 9.17) is 4.74 Å². The Hall–Kier alpha value is -2.66. The summed E-state index contributed by atoms with van der Waals surface area (Å²) in [6, 6.07) is 15.2. The molecular weight excluding hydrogens is 328 g/mol. The zero-order valence-corrected chi connectivity index (χ0v) is 15.3. The third kappa shape index (κ3) is 3.94. The minimum Gasteiger partial charge on any atom is -0.497 e. The van der Waals surface area contributed by atoms with Gasteiger partial charge in [-0.05, 0) is 41.8 Å². The molecule has 1 fully saturated rings. The number of anilines is 1. The molecule has 1 heterocycles. The van der Waals surface area contributed by atoms with Crippen LogP contribution in [0, 0.1) is 0 Å². The highest BCUT2D eigenvalue weighted by atomic mass is 16.5.